The Hall–Kier alpha value is -1.88. The molecule has 5 heteroatoms. The van der Waals surface area contributed by atoms with Gasteiger partial charge in [-0.05, 0) is 18.1 Å². The van der Waals surface area contributed by atoms with Crippen molar-refractivity contribution >= 4 is 0 Å². The summed E-state index contributed by atoms with van der Waals surface area (Å²) in [7, 11) is 1.62. The third-order valence-electron chi connectivity index (χ3n) is 3.31. The summed E-state index contributed by atoms with van der Waals surface area (Å²) in [4.78, 5) is 4.37. The molecule has 0 saturated carbocycles. The molecule has 102 valence electrons. The Morgan fingerprint density at radius 1 is 1.42 bits per heavy atom. The third-order valence-corrected chi connectivity index (χ3v) is 3.31. The Balaban J connectivity index is 2.25. The molecule has 0 spiro atoms. The second kappa shape index (κ2) is 5.84. The van der Waals surface area contributed by atoms with Crippen LogP contribution in [0.25, 0.3) is 11.4 Å². The van der Waals surface area contributed by atoms with Crippen LogP contribution in [0.3, 0.4) is 0 Å². The zero-order chi connectivity index (χ0) is 13.8. The maximum atomic E-state index is 6.08. The molecule has 0 aliphatic carbocycles. The van der Waals surface area contributed by atoms with E-state index in [9.17, 15) is 0 Å². The fourth-order valence-corrected chi connectivity index (χ4v) is 1.75. The van der Waals surface area contributed by atoms with Crippen molar-refractivity contribution in [2.75, 3.05) is 7.11 Å². The van der Waals surface area contributed by atoms with Crippen LogP contribution < -0.4 is 10.5 Å². The predicted octanol–water partition coefficient (Wildman–Crippen LogP) is 2.79. The topological polar surface area (TPSA) is 74.2 Å². The van der Waals surface area contributed by atoms with Gasteiger partial charge >= 0.3 is 0 Å². The van der Waals surface area contributed by atoms with Gasteiger partial charge in [0.2, 0.25) is 11.7 Å². The minimum atomic E-state index is -0.225. The summed E-state index contributed by atoms with van der Waals surface area (Å²) in [5.41, 5.74) is 6.93. The number of benzene rings is 1. The predicted molar refractivity (Wildman–Crippen MR) is 72.7 cm³/mol. The van der Waals surface area contributed by atoms with Gasteiger partial charge in [0.1, 0.15) is 5.75 Å². The van der Waals surface area contributed by atoms with Gasteiger partial charge in [-0.2, -0.15) is 4.98 Å². The van der Waals surface area contributed by atoms with E-state index in [4.69, 9.17) is 15.0 Å². The monoisotopic (exact) mass is 261 g/mol. The number of ether oxygens (including phenoxy) is 1. The summed E-state index contributed by atoms with van der Waals surface area (Å²) in [5.74, 6) is 2.08. The molecular formula is C14H19N3O2. The summed E-state index contributed by atoms with van der Waals surface area (Å²) in [6.07, 6.45) is 0.970. The summed E-state index contributed by atoms with van der Waals surface area (Å²) < 4.78 is 10.4. The molecule has 0 fully saturated rings. The van der Waals surface area contributed by atoms with E-state index in [0.717, 1.165) is 17.7 Å². The molecule has 0 unspecified atom stereocenters. The van der Waals surface area contributed by atoms with Gasteiger partial charge in [-0.1, -0.05) is 37.6 Å². The van der Waals surface area contributed by atoms with Gasteiger partial charge in [-0.15, -0.1) is 0 Å². The van der Waals surface area contributed by atoms with Crippen LogP contribution in [0.15, 0.2) is 28.8 Å². The molecule has 0 bridgehead atoms. The number of nitrogens with zero attached hydrogens (tertiary/aromatic N) is 2. The Labute approximate surface area is 112 Å². The van der Waals surface area contributed by atoms with Gasteiger partial charge in [-0.3, -0.25) is 0 Å². The average Bonchev–Trinajstić information content (AvgIpc) is 2.95. The van der Waals surface area contributed by atoms with Gasteiger partial charge in [0.05, 0.1) is 13.2 Å². The first-order chi connectivity index (χ1) is 9.15. The number of aromatic nitrogens is 2. The molecule has 0 amide bonds. The second-order valence-corrected chi connectivity index (χ2v) is 4.60. The molecule has 5 nitrogen and oxygen atoms in total. The first-order valence-electron chi connectivity index (χ1n) is 6.39. The first-order valence-corrected chi connectivity index (χ1v) is 6.39. The van der Waals surface area contributed by atoms with E-state index in [-0.39, 0.29) is 6.04 Å². The molecule has 2 aromatic rings. The quantitative estimate of drug-likeness (QED) is 0.895. The maximum Gasteiger partial charge on any atom is 0.244 e. The lowest BCUT2D eigenvalue weighted by Gasteiger charge is -2.12. The number of methoxy groups -OCH3 is 1. The number of hydrogen-bond acceptors (Lipinski definition) is 5. The molecule has 1 aromatic carbocycles. The number of rotatable bonds is 5. The van der Waals surface area contributed by atoms with Crippen LogP contribution in [0.2, 0.25) is 0 Å². The van der Waals surface area contributed by atoms with Crippen molar-refractivity contribution in [2.45, 2.75) is 26.3 Å². The lowest BCUT2D eigenvalue weighted by atomic mass is 10.0. The minimum absolute atomic E-state index is 0.225. The van der Waals surface area contributed by atoms with E-state index < -0.39 is 0 Å². The van der Waals surface area contributed by atoms with Crippen LogP contribution >= 0.6 is 0 Å². The van der Waals surface area contributed by atoms with Crippen molar-refractivity contribution in [3.8, 4) is 17.1 Å². The van der Waals surface area contributed by atoms with Crippen molar-refractivity contribution in [1.82, 2.24) is 10.1 Å². The fraction of sp³-hybridized carbons (Fsp3) is 0.429. The molecule has 0 saturated heterocycles. The van der Waals surface area contributed by atoms with E-state index >= 15 is 0 Å². The Bertz CT molecular complexity index is 539. The van der Waals surface area contributed by atoms with Crippen molar-refractivity contribution < 1.29 is 9.26 Å². The van der Waals surface area contributed by atoms with Crippen LogP contribution in [0.5, 0.6) is 5.75 Å². The second-order valence-electron chi connectivity index (χ2n) is 4.60. The van der Waals surface area contributed by atoms with Crippen LogP contribution in [0.1, 0.15) is 32.2 Å². The van der Waals surface area contributed by atoms with E-state index in [2.05, 4.69) is 24.0 Å². The average molecular weight is 261 g/mol. The van der Waals surface area contributed by atoms with Crippen molar-refractivity contribution in [3.05, 3.63) is 30.2 Å². The summed E-state index contributed by atoms with van der Waals surface area (Å²) in [5, 5.41) is 3.98. The lowest BCUT2D eigenvalue weighted by Crippen LogP contribution is -2.18. The largest absolute Gasteiger partial charge is 0.497 e. The highest BCUT2D eigenvalue weighted by Gasteiger charge is 2.20. The first kappa shape index (κ1) is 13.5. The lowest BCUT2D eigenvalue weighted by molar-refractivity contribution is 0.312. The van der Waals surface area contributed by atoms with Crippen molar-refractivity contribution in [2.24, 2.45) is 11.7 Å². The molecule has 2 rings (SSSR count). The zero-order valence-electron chi connectivity index (χ0n) is 11.5. The smallest absolute Gasteiger partial charge is 0.244 e. The standard InChI is InChI=1S/C14H19N3O2/c1-4-9(2)12(15)14-16-13(17-19-14)10-6-5-7-11(8-10)18-3/h5-9,12H,4,15H2,1-3H3/t9-,12+/m0/s1. The van der Waals surface area contributed by atoms with Crippen LogP contribution in [-0.4, -0.2) is 17.3 Å². The van der Waals surface area contributed by atoms with Crippen LogP contribution in [0, 0.1) is 5.92 Å². The third kappa shape index (κ3) is 2.93. The van der Waals surface area contributed by atoms with Gasteiger partial charge in [0.15, 0.2) is 0 Å². The summed E-state index contributed by atoms with van der Waals surface area (Å²) >= 11 is 0. The molecule has 1 aromatic heterocycles. The van der Waals surface area contributed by atoms with Gasteiger partial charge in [0.25, 0.3) is 0 Å². The number of hydrogen-bond donors (Lipinski definition) is 1. The Morgan fingerprint density at radius 3 is 2.89 bits per heavy atom. The van der Waals surface area contributed by atoms with E-state index in [1.54, 1.807) is 7.11 Å². The van der Waals surface area contributed by atoms with E-state index in [1.165, 1.54) is 0 Å². The zero-order valence-corrected chi connectivity index (χ0v) is 11.5. The fourth-order valence-electron chi connectivity index (χ4n) is 1.75. The molecule has 2 N–H and O–H groups in total. The van der Waals surface area contributed by atoms with Crippen molar-refractivity contribution in [3.63, 3.8) is 0 Å². The van der Waals surface area contributed by atoms with Crippen molar-refractivity contribution in [1.29, 1.82) is 0 Å². The molecular weight excluding hydrogens is 242 g/mol. The van der Waals surface area contributed by atoms with Gasteiger partial charge in [-0.25, -0.2) is 0 Å². The van der Waals surface area contributed by atoms with Gasteiger partial charge in [0, 0.05) is 5.56 Å². The highest BCUT2D eigenvalue weighted by Crippen LogP contribution is 2.25. The Kier molecular flexibility index (Phi) is 4.16. The molecule has 2 atom stereocenters. The molecule has 0 aliphatic heterocycles. The molecule has 1 heterocycles. The van der Waals surface area contributed by atoms with Gasteiger partial charge < -0.3 is 15.0 Å². The Morgan fingerprint density at radius 2 is 2.21 bits per heavy atom. The highest BCUT2D eigenvalue weighted by atomic mass is 16.5. The molecule has 0 radical (unpaired) electrons. The van der Waals surface area contributed by atoms with Crippen LogP contribution in [0.4, 0.5) is 0 Å². The highest BCUT2D eigenvalue weighted by molar-refractivity contribution is 5.56. The molecule has 0 aliphatic rings. The number of nitrogens with two attached hydrogens (primary N) is 1. The van der Waals surface area contributed by atoms with E-state index in [1.807, 2.05) is 24.3 Å². The summed E-state index contributed by atoms with van der Waals surface area (Å²) in [6, 6.07) is 7.31. The summed E-state index contributed by atoms with van der Waals surface area (Å²) in [6.45, 7) is 4.16. The molecule has 19 heavy (non-hydrogen) atoms. The van der Waals surface area contributed by atoms with E-state index in [0.29, 0.717) is 17.6 Å². The normalized spacial score (nSPS) is 14.1. The van der Waals surface area contributed by atoms with Crippen LogP contribution in [-0.2, 0) is 0 Å². The maximum absolute atomic E-state index is 6.08. The minimum Gasteiger partial charge on any atom is -0.497 e. The SMILES string of the molecule is CC[C@H](C)[C@@H](N)c1nc(-c2cccc(OC)c2)no1.